The van der Waals surface area contributed by atoms with E-state index < -0.39 is 6.04 Å². The van der Waals surface area contributed by atoms with E-state index in [9.17, 15) is 14.4 Å². The van der Waals surface area contributed by atoms with E-state index in [0.29, 0.717) is 49.5 Å². The van der Waals surface area contributed by atoms with Crippen molar-refractivity contribution in [1.82, 2.24) is 15.5 Å². The predicted molar refractivity (Wildman–Crippen MR) is 132 cm³/mol. The summed E-state index contributed by atoms with van der Waals surface area (Å²) in [5.74, 6) is 0.462. The van der Waals surface area contributed by atoms with Gasteiger partial charge >= 0.3 is 6.03 Å². The first kappa shape index (κ1) is 24.4. The summed E-state index contributed by atoms with van der Waals surface area (Å²) in [6, 6.07) is 11.8. The average molecular weight is 481 g/mol. The van der Waals surface area contributed by atoms with Gasteiger partial charge in [0.15, 0.2) is 11.5 Å². The fourth-order valence-corrected chi connectivity index (χ4v) is 4.29. The molecule has 9 heteroatoms. The molecule has 3 N–H and O–H groups in total. The monoisotopic (exact) mass is 480 g/mol. The predicted octanol–water partition coefficient (Wildman–Crippen LogP) is 3.29. The largest absolute Gasteiger partial charge is 0.454 e. The number of rotatable bonds is 7. The van der Waals surface area contributed by atoms with Gasteiger partial charge in [-0.3, -0.25) is 9.59 Å². The molecule has 0 aliphatic carbocycles. The molecule has 4 rings (SSSR count). The maximum absolute atomic E-state index is 13.0. The van der Waals surface area contributed by atoms with Crippen molar-refractivity contribution in [2.24, 2.45) is 5.92 Å². The molecule has 2 aliphatic heterocycles. The van der Waals surface area contributed by atoms with Crippen LogP contribution in [0.1, 0.15) is 42.1 Å². The number of ether oxygens (including phenoxy) is 2. The molecular formula is C26H32N4O5. The number of likely N-dealkylation sites (tertiary alicyclic amines) is 1. The number of fused-ring (bicyclic) bond motifs is 1. The van der Waals surface area contributed by atoms with Crippen LogP contribution in [0, 0.1) is 12.8 Å². The van der Waals surface area contributed by atoms with Crippen LogP contribution in [0.25, 0.3) is 0 Å². The van der Waals surface area contributed by atoms with Gasteiger partial charge in [-0.15, -0.1) is 0 Å². The van der Waals surface area contributed by atoms with E-state index >= 15 is 0 Å². The number of carbonyl (C=O) groups excluding carboxylic acids is 3. The van der Waals surface area contributed by atoms with Crippen molar-refractivity contribution in [3.8, 4) is 11.5 Å². The summed E-state index contributed by atoms with van der Waals surface area (Å²) < 4.78 is 10.7. The van der Waals surface area contributed by atoms with Gasteiger partial charge in [0.2, 0.25) is 12.7 Å². The molecule has 1 fully saturated rings. The van der Waals surface area contributed by atoms with Gasteiger partial charge in [0.25, 0.3) is 5.91 Å². The first-order chi connectivity index (χ1) is 16.9. The highest BCUT2D eigenvalue weighted by molar-refractivity contribution is 5.98. The first-order valence-corrected chi connectivity index (χ1v) is 12.1. The van der Waals surface area contributed by atoms with Crippen LogP contribution in [-0.4, -0.2) is 55.2 Å². The molecule has 0 radical (unpaired) electrons. The Labute approximate surface area is 205 Å². The normalized spacial score (nSPS) is 15.9. The second kappa shape index (κ2) is 11.1. The van der Waals surface area contributed by atoms with Crippen LogP contribution in [0.5, 0.6) is 11.5 Å². The smallest absolute Gasteiger partial charge is 0.321 e. The van der Waals surface area contributed by atoms with Crippen LogP contribution in [0.15, 0.2) is 42.5 Å². The zero-order chi connectivity index (χ0) is 24.8. The van der Waals surface area contributed by atoms with Crippen LogP contribution >= 0.6 is 0 Å². The zero-order valence-electron chi connectivity index (χ0n) is 20.1. The number of benzene rings is 2. The summed E-state index contributed by atoms with van der Waals surface area (Å²) >= 11 is 0. The molecular weight excluding hydrogens is 448 g/mol. The number of hydrogen-bond acceptors (Lipinski definition) is 5. The average Bonchev–Trinajstić information content (AvgIpc) is 3.35. The van der Waals surface area contributed by atoms with Gasteiger partial charge in [0, 0.05) is 30.9 Å². The quantitative estimate of drug-likeness (QED) is 0.564. The van der Waals surface area contributed by atoms with Gasteiger partial charge < -0.3 is 30.3 Å². The number of aryl methyl sites for hydroxylation is 1. The van der Waals surface area contributed by atoms with Crippen molar-refractivity contribution >= 4 is 23.5 Å². The molecule has 1 saturated heterocycles. The van der Waals surface area contributed by atoms with Crippen molar-refractivity contribution in [3.05, 3.63) is 53.6 Å². The highest BCUT2D eigenvalue weighted by atomic mass is 16.7. The lowest BCUT2D eigenvalue weighted by Crippen LogP contribution is -2.54. The van der Waals surface area contributed by atoms with E-state index in [0.717, 1.165) is 17.7 Å². The van der Waals surface area contributed by atoms with Crippen molar-refractivity contribution in [2.75, 3.05) is 31.7 Å². The van der Waals surface area contributed by atoms with Gasteiger partial charge in [-0.25, -0.2) is 4.79 Å². The van der Waals surface area contributed by atoms with Crippen molar-refractivity contribution in [2.45, 2.75) is 39.2 Å². The second-order valence-corrected chi connectivity index (χ2v) is 8.93. The lowest BCUT2D eigenvalue weighted by Gasteiger charge is -2.35. The van der Waals surface area contributed by atoms with Gasteiger partial charge in [-0.2, -0.15) is 0 Å². The SMILES string of the molecule is CCCNC(=O)C(NC(=O)c1ccc2c(c1)OCO2)C1CCN(C(=O)Nc2ccc(C)cc2)CC1. The van der Waals surface area contributed by atoms with Crippen molar-refractivity contribution in [1.29, 1.82) is 0 Å². The molecule has 2 heterocycles. The van der Waals surface area contributed by atoms with E-state index in [-0.39, 0.29) is 30.6 Å². The Morgan fingerprint density at radius 3 is 2.46 bits per heavy atom. The summed E-state index contributed by atoms with van der Waals surface area (Å²) in [5.41, 5.74) is 2.27. The Bertz CT molecular complexity index is 1060. The van der Waals surface area contributed by atoms with Crippen LogP contribution in [0.2, 0.25) is 0 Å². The van der Waals surface area contributed by atoms with Gasteiger partial charge in [0.05, 0.1) is 0 Å². The van der Waals surface area contributed by atoms with E-state index in [4.69, 9.17) is 9.47 Å². The maximum Gasteiger partial charge on any atom is 0.321 e. The number of amides is 4. The maximum atomic E-state index is 13.0. The molecule has 1 atom stereocenters. The standard InChI is InChI=1S/C26H32N4O5/c1-3-12-27-25(32)23(29-24(31)19-6-9-21-22(15-19)35-16-34-21)18-10-13-30(14-11-18)26(33)28-20-7-4-17(2)5-8-20/h4-9,15,18,23H,3,10-14,16H2,1-2H3,(H,27,32)(H,28,33)(H,29,31). The van der Waals surface area contributed by atoms with E-state index in [1.165, 1.54) is 0 Å². The highest BCUT2D eigenvalue weighted by Gasteiger charge is 2.34. The third-order valence-corrected chi connectivity index (χ3v) is 6.35. The summed E-state index contributed by atoms with van der Waals surface area (Å²) in [5, 5.41) is 8.76. The number of hydrogen-bond donors (Lipinski definition) is 3. The Balaban J connectivity index is 1.38. The minimum Gasteiger partial charge on any atom is -0.454 e. The summed E-state index contributed by atoms with van der Waals surface area (Å²) in [6.45, 7) is 5.63. The summed E-state index contributed by atoms with van der Waals surface area (Å²) in [4.78, 5) is 40.4. The summed E-state index contributed by atoms with van der Waals surface area (Å²) in [7, 11) is 0. The molecule has 4 amide bonds. The Kier molecular flexibility index (Phi) is 7.74. The van der Waals surface area contributed by atoms with Gasteiger partial charge in [0.1, 0.15) is 6.04 Å². The lowest BCUT2D eigenvalue weighted by atomic mass is 9.88. The zero-order valence-corrected chi connectivity index (χ0v) is 20.1. The van der Waals surface area contributed by atoms with Crippen molar-refractivity contribution < 1.29 is 23.9 Å². The van der Waals surface area contributed by atoms with Crippen LogP contribution in [0.3, 0.4) is 0 Å². The van der Waals surface area contributed by atoms with Crippen LogP contribution < -0.4 is 25.4 Å². The number of urea groups is 1. The molecule has 0 aromatic heterocycles. The Morgan fingerprint density at radius 1 is 1.03 bits per heavy atom. The molecule has 1 unspecified atom stereocenters. The summed E-state index contributed by atoms with van der Waals surface area (Å²) in [6.07, 6.45) is 2.01. The Morgan fingerprint density at radius 2 is 1.74 bits per heavy atom. The molecule has 0 saturated carbocycles. The third kappa shape index (κ3) is 6.03. The van der Waals surface area contributed by atoms with Gasteiger partial charge in [-0.1, -0.05) is 24.6 Å². The minimum absolute atomic E-state index is 0.0896. The highest BCUT2D eigenvalue weighted by Crippen LogP contribution is 2.32. The van der Waals surface area contributed by atoms with Crippen LogP contribution in [-0.2, 0) is 4.79 Å². The van der Waals surface area contributed by atoms with E-state index in [1.807, 2.05) is 38.1 Å². The molecule has 186 valence electrons. The first-order valence-electron chi connectivity index (χ1n) is 12.1. The number of anilines is 1. The molecule has 2 aliphatic rings. The molecule has 2 aromatic carbocycles. The lowest BCUT2D eigenvalue weighted by molar-refractivity contribution is -0.124. The molecule has 2 aromatic rings. The Hall–Kier alpha value is -3.75. The van der Waals surface area contributed by atoms with Crippen LogP contribution in [0.4, 0.5) is 10.5 Å². The number of nitrogens with zero attached hydrogens (tertiary/aromatic N) is 1. The third-order valence-electron chi connectivity index (χ3n) is 6.35. The van der Waals surface area contributed by atoms with E-state index in [1.54, 1.807) is 23.1 Å². The fraction of sp³-hybridized carbons (Fsp3) is 0.423. The van der Waals surface area contributed by atoms with Gasteiger partial charge in [-0.05, 0) is 62.4 Å². The second-order valence-electron chi connectivity index (χ2n) is 8.93. The number of piperidine rings is 1. The molecule has 35 heavy (non-hydrogen) atoms. The number of nitrogens with one attached hydrogen (secondary N) is 3. The van der Waals surface area contributed by atoms with Crippen molar-refractivity contribution in [3.63, 3.8) is 0 Å². The minimum atomic E-state index is -0.693. The fourth-order valence-electron chi connectivity index (χ4n) is 4.29. The molecule has 9 nitrogen and oxygen atoms in total. The molecule has 0 bridgehead atoms. The topological polar surface area (TPSA) is 109 Å². The van der Waals surface area contributed by atoms with E-state index in [2.05, 4.69) is 16.0 Å². The molecule has 0 spiro atoms. The number of carbonyl (C=O) groups is 3.